The molecule has 0 radical (unpaired) electrons. The second kappa shape index (κ2) is 5.67. The average molecular weight is 254 g/mol. The number of benzene rings is 1. The minimum Gasteiger partial charge on any atom is -0.454 e. The van der Waals surface area contributed by atoms with Crippen molar-refractivity contribution in [3.63, 3.8) is 0 Å². The van der Waals surface area contributed by atoms with Crippen LogP contribution in [0.25, 0.3) is 0 Å². The Morgan fingerprint density at radius 3 is 2.94 bits per heavy atom. The van der Waals surface area contributed by atoms with Crippen LogP contribution in [0.1, 0.15) is 5.56 Å². The minimum atomic E-state index is -0.197. The van der Waals surface area contributed by atoms with Gasteiger partial charge < -0.3 is 20.1 Å². The molecule has 0 spiro atoms. The van der Waals surface area contributed by atoms with Crippen molar-refractivity contribution in [1.29, 1.82) is 0 Å². The first-order valence-electron chi connectivity index (χ1n) is 5.30. The Morgan fingerprint density at radius 2 is 2.12 bits per heavy atom. The van der Waals surface area contributed by atoms with Gasteiger partial charge in [-0.3, -0.25) is 0 Å². The van der Waals surface area contributed by atoms with E-state index in [4.69, 9.17) is 9.47 Å². The molecule has 0 aliphatic carbocycles. The standard InChI is InChI=1S/C11H14N2O3S/c14-11(12-3-4-17)13-6-8-1-2-9-10(5-8)16-7-15-9/h1-2,5,17H,3-4,6-7H2,(H2,12,13,14). The summed E-state index contributed by atoms with van der Waals surface area (Å²) in [5.41, 5.74) is 0.968. The number of fused-ring (bicyclic) bond motifs is 1. The van der Waals surface area contributed by atoms with Gasteiger partial charge in [-0.05, 0) is 17.7 Å². The number of carbonyl (C=O) groups excluding carboxylic acids is 1. The molecule has 6 heteroatoms. The van der Waals surface area contributed by atoms with Crippen molar-refractivity contribution >= 4 is 18.7 Å². The zero-order valence-corrected chi connectivity index (χ0v) is 10.1. The summed E-state index contributed by atoms with van der Waals surface area (Å²) in [5.74, 6) is 2.09. The number of thiol groups is 1. The van der Waals surface area contributed by atoms with E-state index in [0.717, 1.165) is 17.1 Å². The van der Waals surface area contributed by atoms with Crippen molar-refractivity contribution in [2.45, 2.75) is 6.54 Å². The molecule has 0 atom stereocenters. The van der Waals surface area contributed by atoms with Crippen molar-refractivity contribution < 1.29 is 14.3 Å². The van der Waals surface area contributed by atoms with E-state index < -0.39 is 0 Å². The number of hydrogen-bond acceptors (Lipinski definition) is 4. The molecule has 0 saturated heterocycles. The normalized spacial score (nSPS) is 12.3. The van der Waals surface area contributed by atoms with Crippen molar-refractivity contribution in [1.82, 2.24) is 10.6 Å². The van der Waals surface area contributed by atoms with Gasteiger partial charge >= 0.3 is 6.03 Å². The highest BCUT2D eigenvalue weighted by Gasteiger charge is 2.13. The molecule has 0 saturated carbocycles. The molecule has 92 valence electrons. The van der Waals surface area contributed by atoms with E-state index in [0.29, 0.717) is 18.8 Å². The summed E-state index contributed by atoms with van der Waals surface area (Å²) < 4.78 is 10.5. The van der Waals surface area contributed by atoms with E-state index in [1.54, 1.807) is 0 Å². The maximum Gasteiger partial charge on any atom is 0.315 e. The van der Waals surface area contributed by atoms with Crippen LogP contribution < -0.4 is 20.1 Å². The van der Waals surface area contributed by atoms with Crippen LogP contribution in [0.5, 0.6) is 11.5 Å². The van der Waals surface area contributed by atoms with Crippen molar-refractivity contribution in [3.05, 3.63) is 23.8 Å². The third-order valence-electron chi connectivity index (χ3n) is 2.29. The lowest BCUT2D eigenvalue weighted by Crippen LogP contribution is -2.36. The predicted molar refractivity (Wildman–Crippen MR) is 66.7 cm³/mol. The quantitative estimate of drug-likeness (QED) is 0.706. The molecule has 0 unspecified atom stereocenters. The third kappa shape index (κ3) is 3.20. The second-order valence-corrected chi connectivity index (χ2v) is 3.97. The minimum absolute atomic E-state index is 0.197. The number of amides is 2. The van der Waals surface area contributed by atoms with Gasteiger partial charge in [0.05, 0.1) is 0 Å². The zero-order valence-electron chi connectivity index (χ0n) is 9.23. The number of hydrogen-bond donors (Lipinski definition) is 3. The summed E-state index contributed by atoms with van der Waals surface area (Å²) in [7, 11) is 0. The van der Waals surface area contributed by atoms with Gasteiger partial charge in [0.2, 0.25) is 6.79 Å². The average Bonchev–Trinajstić information content (AvgIpc) is 2.81. The molecule has 0 aromatic heterocycles. The Hall–Kier alpha value is -1.56. The van der Waals surface area contributed by atoms with Crippen LogP contribution in [0, 0.1) is 0 Å². The fourth-order valence-corrected chi connectivity index (χ4v) is 1.58. The van der Waals surface area contributed by atoms with Crippen molar-refractivity contribution in [2.24, 2.45) is 0 Å². The molecule has 1 aromatic carbocycles. The number of carbonyl (C=O) groups is 1. The van der Waals surface area contributed by atoms with E-state index >= 15 is 0 Å². The highest BCUT2D eigenvalue weighted by atomic mass is 32.1. The van der Waals surface area contributed by atoms with Crippen LogP contribution in [0.15, 0.2) is 18.2 Å². The van der Waals surface area contributed by atoms with Crippen molar-refractivity contribution in [3.8, 4) is 11.5 Å². The lowest BCUT2D eigenvalue weighted by Gasteiger charge is -2.07. The SMILES string of the molecule is O=C(NCCS)NCc1ccc2c(c1)OCO2. The maximum atomic E-state index is 11.3. The van der Waals surface area contributed by atoms with Gasteiger partial charge in [0.1, 0.15) is 0 Å². The van der Waals surface area contributed by atoms with Gasteiger partial charge in [-0.2, -0.15) is 12.6 Å². The smallest absolute Gasteiger partial charge is 0.315 e. The van der Waals surface area contributed by atoms with E-state index in [2.05, 4.69) is 23.3 Å². The van der Waals surface area contributed by atoms with Crippen LogP contribution in [0.3, 0.4) is 0 Å². The largest absolute Gasteiger partial charge is 0.454 e. The summed E-state index contributed by atoms with van der Waals surface area (Å²) >= 11 is 4.00. The summed E-state index contributed by atoms with van der Waals surface area (Å²) in [5, 5.41) is 5.42. The number of urea groups is 1. The van der Waals surface area contributed by atoms with E-state index in [1.807, 2.05) is 18.2 Å². The van der Waals surface area contributed by atoms with Crippen molar-refractivity contribution in [2.75, 3.05) is 19.1 Å². The molecule has 2 amide bonds. The lowest BCUT2D eigenvalue weighted by atomic mass is 10.2. The Kier molecular flexibility index (Phi) is 3.98. The van der Waals surface area contributed by atoms with Gasteiger partial charge in [-0.1, -0.05) is 6.07 Å². The molecule has 1 aliphatic heterocycles. The molecule has 0 fully saturated rings. The van der Waals surface area contributed by atoms with Crippen LogP contribution in [0.2, 0.25) is 0 Å². The molecule has 2 rings (SSSR count). The summed E-state index contributed by atoms with van der Waals surface area (Å²) in [6, 6.07) is 5.40. The molecule has 1 aliphatic rings. The topological polar surface area (TPSA) is 59.6 Å². The Bertz CT molecular complexity index is 412. The predicted octanol–water partition coefficient (Wildman–Crippen LogP) is 1.14. The van der Waals surface area contributed by atoms with Crippen LogP contribution >= 0.6 is 12.6 Å². The third-order valence-corrected chi connectivity index (χ3v) is 2.51. The van der Waals surface area contributed by atoms with Gasteiger partial charge in [0.15, 0.2) is 11.5 Å². The fourth-order valence-electron chi connectivity index (χ4n) is 1.47. The van der Waals surface area contributed by atoms with Crippen LogP contribution in [0.4, 0.5) is 4.79 Å². The molecule has 1 aromatic rings. The highest BCUT2D eigenvalue weighted by Crippen LogP contribution is 2.32. The summed E-state index contributed by atoms with van der Waals surface area (Å²) in [4.78, 5) is 11.3. The van der Waals surface area contributed by atoms with Gasteiger partial charge in [0.25, 0.3) is 0 Å². The van der Waals surface area contributed by atoms with E-state index in [9.17, 15) is 4.79 Å². The zero-order chi connectivity index (χ0) is 12.1. The monoisotopic (exact) mass is 254 g/mol. The molecule has 1 heterocycles. The molecule has 17 heavy (non-hydrogen) atoms. The first kappa shape index (κ1) is 11.9. The first-order valence-corrected chi connectivity index (χ1v) is 5.94. The number of ether oxygens (including phenoxy) is 2. The Morgan fingerprint density at radius 1 is 1.29 bits per heavy atom. The molecular formula is C11H14N2O3S. The molecule has 5 nitrogen and oxygen atoms in total. The molecular weight excluding hydrogens is 240 g/mol. The molecule has 2 N–H and O–H groups in total. The Labute approximate surface area is 105 Å². The number of rotatable bonds is 4. The summed E-state index contributed by atoms with van der Waals surface area (Å²) in [6.07, 6.45) is 0. The van der Waals surface area contributed by atoms with Gasteiger partial charge in [0, 0.05) is 18.8 Å². The number of nitrogens with one attached hydrogen (secondary N) is 2. The van der Waals surface area contributed by atoms with Crippen LogP contribution in [-0.4, -0.2) is 25.1 Å². The maximum absolute atomic E-state index is 11.3. The second-order valence-electron chi connectivity index (χ2n) is 3.52. The first-order chi connectivity index (χ1) is 8.29. The van der Waals surface area contributed by atoms with Gasteiger partial charge in [-0.15, -0.1) is 0 Å². The van der Waals surface area contributed by atoms with E-state index in [-0.39, 0.29) is 12.8 Å². The fraction of sp³-hybridized carbons (Fsp3) is 0.364. The summed E-state index contributed by atoms with van der Waals surface area (Å²) in [6.45, 7) is 1.26. The lowest BCUT2D eigenvalue weighted by molar-refractivity contribution is 0.174. The van der Waals surface area contributed by atoms with Crippen LogP contribution in [-0.2, 0) is 6.54 Å². The molecule has 0 bridgehead atoms. The highest BCUT2D eigenvalue weighted by molar-refractivity contribution is 7.80. The van der Waals surface area contributed by atoms with E-state index in [1.165, 1.54) is 0 Å². The Balaban J connectivity index is 1.85. The van der Waals surface area contributed by atoms with Gasteiger partial charge in [-0.25, -0.2) is 4.79 Å².